The lowest BCUT2D eigenvalue weighted by Gasteiger charge is -1.97. The first-order chi connectivity index (χ1) is 8.74. The second-order valence-electron chi connectivity index (χ2n) is 4.20. The lowest BCUT2D eigenvalue weighted by atomic mass is 10.1. The maximum absolute atomic E-state index is 12.1. The minimum atomic E-state index is 0.0242. The zero-order chi connectivity index (χ0) is 12.5. The van der Waals surface area contributed by atoms with Crippen LogP contribution in [-0.2, 0) is 0 Å². The van der Waals surface area contributed by atoms with Gasteiger partial charge in [-0.1, -0.05) is 41.6 Å². The highest BCUT2D eigenvalue weighted by Crippen LogP contribution is 2.39. The van der Waals surface area contributed by atoms with E-state index in [0.29, 0.717) is 5.69 Å². The van der Waals surface area contributed by atoms with Crippen molar-refractivity contribution in [3.63, 3.8) is 0 Å². The Labute approximate surface area is 110 Å². The summed E-state index contributed by atoms with van der Waals surface area (Å²) in [5.41, 5.74) is 2.83. The molecular formula is C15H11NOS. The van der Waals surface area contributed by atoms with Gasteiger partial charge >= 0.3 is 0 Å². The first kappa shape index (κ1) is 11.2. The fourth-order valence-corrected chi connectivity index (χ4v) is 2.84. The number of allylic oxidation sites excluding steroid dienone is 1. The standard InChI is InChI=1S/C15H11NOS/c1-10-4-6-11(7-5-10)9-13-15(17)14-12(18-13)3-2-8-16-14/h2-9H,1H3. The van der Waals surface area contributed by atoms with Gasteiger partial charge in [0.05, 0.1) is 4.91 Å². The largest absolute Gasteiger partial charge is 0.286 e. The maximum atomic E-state index is 12.1. The Morgan fingerprint density at radius 2 is 1.94 bits per heavy atom. The number of hydrogen-bond donors (Lipinski definition) is 0. The van der Waals surface area contributed by atoms with Crippen molar-refractivity contribution < 1.29 is 4.79 Å². The number of nitrogens with zero attached hydrogens (tertiary/aromatic N) is 1. The van der Waals surface area contributed by atoms with E-state index in [0.717, 1.165) is 15.4 Å². The fraction of sp³-hybridized carbons (Fsp3) is 0.0667. The van der Waals surface area contributed by atoms with Crippen molar-refractivity contribution in [3.05, 3.63) is 64.3 Å². The molecule has 2 nitrogen and oxygen atoms in total. The van der Waals surface area contributed by atoms with E-state index < -0.39 is 0 Å². The topological polar surface area (TPSA) is 30.0 Å². The molecule has 3 rings (SSSR count). The summed E-state index contributed by atoms with van der Waals surface area (Å²) in [6.07, 6.45) is 3.58. The molecule has 0 saturated heterocycles. The molecule has 88 valence electrons. The summed E-state index contributed by atoms with van der Waals surface area (Å²) in [5.74, 6) is 0.0242. The van der Waals surface area contributed by atoms with Gasteiger partial charge in [-0.05, 0) is 30.7 Å². The summed E-state index contributed by atoms with van der Waals surface area (Å²) in [4.78, 5) is 17.9. The molecule has 2 heterocycles. The molecule has 0 spiro atoms. The Morgan fingerprint density at radius 1 is 1.17 bits per heavy atom. The summed E-state index contributed by atoms with van der Waals surface area (Å²) in [6.45, 7) is 2.05. The van der Waals surface area contributed by atoms with Crippen LogP contribution in [-0.4, -0.2) is 10.8 Å². The molecule has 0 unspecified atom stereocenters. The van der Waals surface area contributed by atoms with Crippen molar-refractivity contribution in [3.8, 4) is 0 Å². The van der Waals surface area contributed by atoms with Crippen molar-refractivity contribution in [1.29, 1.82) is 0 Å². The number of benzene rings is 1. The Hall–Kier alpha value is -1.87. The van der Waals surface area contributed by atoms with E-state index in [1.165, 1.54) is 17.3 Å². The number of fused-ring (bicyclic) bond motifs is 1. The molecule has 18 heavy (non-hydrogen) atoms. The summed E-state index contributed by atoms with van der Waals surface area (Å²) in [6, 6.07) is 11.9. The van der Waals surface area contributed by atoms with Gasteiger partial charge in [-0.15, -0.1) is 0 Å². The first-order valence-electron chi connectivity index (χ1n) is 5.70. The van der Waals surface area contributed by atoms with E-state index in [-0.39, 0.29) is 5.78 Å². The highest BCUT2D eigenvalue weighted by Gasteiger charge is 2.26. The van der Waals surface area contributed by atoms with Crippen molar-refractivity contribution >= 4 is 23.6 Å². The first-order valence-corrected chi connectivity index (χ1v) is 6.51. The van der Waals surface area contributed by atoms with Gasteiger partial charge < -0.3 is 0 Å². The number of aryl methyl sites for hydroxylation is 1. The van der Waals surface area contributed by atoms with Crippen LogP contribution in [0.15, 0.2) is 52.4 Å². The van der Waals surface area contributed by atoms with Crippen LogP contribution >= 0.6 is 11.8 Å². The van der Waals surface area contributed by atoms with E-state index in [1.807, 2.05) is 49.4 Å². The number of carbonyl (C=O) groups is 1. The number of pyridine rings is 1. The van der Waals surface area contributed by atoms with Gasteiger partial charge in [0.25, 0.3) is 0 Å². The maximum Gasteiger partial charge on any atom is 0.219 e. The monoisotopic (exact) mass is 253 g/mol. The SMILES string of the molecule is Cc1ccc(C=C2Sc3cccnc3C2=O)cc1. The fourth-order valence-electron chi connectivity index (χ4n) is 1.83. The smallest absolute Gasteiger partial charge is 0.219 e. The van der Waals surface area contributed by atoms with Crippen molar-refractivity contribution in [2.75, 3.05) is 0 Å². The van der Waals surface area contributed by atoms with Crippen LogP contribution in [0.4, 0.5) is 0 Å². The van der Waals surface area contributed by atoms with E-state index >= 15 is 0 Å². The molecule has 1 aliphatic heterocycles. The second-order valence-corrected chi connectivity index (χ2v) is 5.28. The molecule has 0 radical (unpaired) electrons. The second kappa shape index (κ2) is 4.42. The highest BCUT2D eigenvalue weighted by atomic mass is 32.2. The molecule has 0 fully saturated rings. The third-order valence-corrected chi connectivity index (χ3v) is 3.88. The molecule has 0 atom stereocenters. The number of ketones is 1. The van der Waals surface area contributed by atoms with Gasteiger partial charge in [-0.3, -0.25) is 9.78 Å². The van der Waals surface area contributed by atoms with Gasteiger partial charge in [0.1, 0.15) is 5.69 Å². The molecular weight excluding hydrogens is 242 g/mol. The average molecular weight is 253 g/mol. The molecule has 0 amide bonds. The molecule has 0 aliphatic carbocycles. The van der Waals surface area contributed by atoms with E-state index in [2.05, 4.69) is 4.98 Å². The number of thioether (sulfide) groups is 1. The predicted octanol–water partition coefficient (Wildman–Crippen LogP) is 3.72. The third kappa shape index (κ3) is 1.97. The minimum absolute atomic E-state index is 0.0242. The Balaban J connectivity index is 1.97. The normalized spacial score (nSPS) is 16.1. The van der Waals surface area contributed by atoms with Crippen molar-refractivity contribution in [2.24, 2.45) is 0 Å². The van der Waals surface area contributed by atoms with Gasteiger partial charge in [0, 0.05) is 11.1 Å². The van der Waals surface area contributed by atoms with Crippen LogP contribution < -0.4 is 0 Å². The number of Topliss-reactive ketones (excluding diaryl/α,β-unsaturated/α-hetero) is 1. The van der Waals surface area contributed by atoms with Gasteiger partial charge in [-0.2, -0.15) is 0 Å². The number of carbonyl (C=O) groups excluding carboxylic acids is 1. The lowest BCUT2D eigenvalue weighted by Crippen LogP contribution is -1.96. The van der Waals surface area contributed by atoms with Crippen LogP contribution in [0.5, 0.6) is 0 Å². The molecule has 0 bridgehead atoms. The van der Waals surface area contributed by atoms with Crippen molar-refractivity contribution in [1.82, 2.24) is 4.98 Å². The van der Waals surface area contributed by atoms with Crippen LogP contribution in [0.3, 0.4) is 0 Å². The summed E-state index contributed by atoms with van der Waals surface area (Å²) in [7, 11) is 0. The summed E-state index contributed by atoms with van der Waals surface area (Å²) < 4.78 is 0. The zero-order valence-electron chi connectivity index (χ0n) is 9.88. The molecule has 0 saturated carbocycles. The van der Waals surface area contributed by atoms with Crippen LogP contribution in [0.25, 0.3) is 6.08 Å². The van der Waals surface area contributed by atoms with E-state index in [9.17, 15) is 4.79 Å². The summed E-state index contributed by atoms with van der Waals surface area (Å²) in [5, 5.41) is 0. The Bertz CT molecular complexity index is 644. The van der Waals surface area contributed by atoms with Crippen LogP contribution in [0.2, 0.25) is 0 Å². The number of rotatable bonds is 1. The lowest BCUT2D eigenvalue weighted by molar-refractivity contribution is 0.103. The summed E-state index contributed by atoms with van der Waals surface area (Å²) >= 11 is 1.49. The number of hydrogen-bond acceptors (Lipinski definition) is 3. The Morgan fingerprint density at radius 3 is 2.67 bits per heavy atom. The molecule has 1 aromatic heterocycles. The predicted molar refractivity (Wildman–Crippen MR) is 73.6 cm³/mol. The third-order valence-electron chi connectivity index (χ3n) is 2.80. The van der Waals surface area contributed by atoms with Crippen LogP contribution in [0, 0.1) is 6.92 Å². The minimum Gasteiger partial charge on any atom is -0.286 e. The van der Waals surface area contributed by atoms with Gasteiger partial charge in [0.2, 0.25) is 5.78 Å². The van der Waals surface area contributed by atoms with Crippen LogP contribution in [0.1, 0.15) is 21.6 Å². The van der Waals surface area contributed by atoms with Gasteiger partial charge in [0.15, 0.2) is 0 Å². The zero-order valence-corrected chi connectivity index (χ0v) is 10.7. The molecule has 2 aromatic rings. The molecule has 1 aromatic carbocycles. The molecule has 1 aliphatic rings. The Kier molecular flexibility index (Phi) is 2.76. The van der Waals surface area contributed by atoms with Crippen molar-refractivity contribution in [2.45, 2.75) is 11.8 Å². The number of aromatic nitrogens is 1. The average Bonchev–Trinajstić information content (AvgIpc) is 2.70. The quantitative estimate of drug-likeness (QED) is 0.725. The van der Waals surface area contributed by atoms with Gasteiger partial charge in [-0.25, -0.2) is 0 Å². The van der Waals surface area contributed by atoms with E-state index in [4.69, 9.17) is 0 Å². The van der Waals surface area contributed by atoms with E-state index in [1.54, 1.807) is 6.20 Å². The molecule has 0 N–H and O–H groups in total. The highest BCUT2D eigenvalue weighted by molar-refractivity contribution is 8.04. The molecule has 3 heteroatoms.